The molecule has 0 fully saturated rings. The Hall–Kier alpha value is -1.14. The smallest absolute Gasteiger partial charge is 0.278 e. The standard InChI is InChI=1S/C8H8BrNO4/c1-14-8-5(4-11)7(10(12)13)3-2-6(8)9/h2-3,11H,4H2,1H3. The zero-order valence-electron chi connectivity index (χ0n) is 7.36. The van der Waals surface area contributed by atoms with Crippen molar-refractivity contribution < 1.29 is 14.8 Å². The Morgan fingerprint density at radius 1 is 1.64 bits per heavy atom. The normalized spacial score (nSPS) is 9.93. The van der Waals surface area contributed by atoms with Crippen LogP contribution < -0.4 is 4.74 Å². The summed E-state index contributed by atoms with van der Waals surface area (Å²) in [5.41, 5.74) is 0.0272. The minimum absolute atomic E-state index is 0.146. The Labute approximate surface area is 88.6 Å². The third kappa shape index (κ3) is 1.85. The molecule has 0 aliphatic rings. The highest BCUT2D eigenvalue weighted by Gasteiger charge is 2.19. The van der Waals surface area contributed by atoms with Crippen LogP contribution in [0.1, 0.15) is 5.56 Å². The van der Waals surface area contributed by atoms with Gasteiger partial charge in [-0.05, 0) is 22.0 Å². The highest BCUT2D eigenvalue weighted by Crippen LogP contribution is 2.35. The van der Waals surface area contributed by atoms with Gasteiger partial charge in [0.2, 0.25) is 0 Å². The molecule has 14 heavy (non-hydrogen) atoms. The zero-order chi connectivity index (χ0) is 10.7. The molecule has 0 unspecified atom stereocenters. The summed E-state index contributed by atoms with van der Waals surface area (Å²) in [7, 11) is 1.39. The molecule has 0 radical (unpaired) electrons. The van der Waals surface area contributed by atoms with Crippen molar-refractivity contribution in [3.8, 4) is 5.75 Å². The van der Waals surface area contributed by atoms with Gasteiger partial charge in [0.1, 0.15) is 5.75 Å². The molecule has 1 rings (SSSR count). The van der Waals surface area contributed by atoms with Crippen molar-refractivity contribution in [1.29, 1.82) is 0 Å². The molecule has 76 valence electrons. The van der Waals surface area contributed by atoms with E-state index in [0.29, 0.717) is 10.2 Å². The van der Waals surface area contributed by atoms with Crippen LogP contribution in [0.15, 0.2) is 16.6 Å². The van der Waals surface area contributed by atoms with Crippen LogP contribution >= 0.6 is 15.9 Å². The molecule has 0 spiro atoms. The fourth-order valence-electron chi connectivity index (χ4n) is 1.13. The predicted molar refractivity (Wildman–Crippen MR) is 53.3 cm³/mol. The average Bonchev–Trinajstić information content (AvgIpc) is 2.16. The van der Waals surface area contributed by atoms with Crippen molar-refractivity contribution in [1.82, 2.24) is 0 Å². The first-order chi connectivity index (χ1) is 6.61. The van der Waals surface area contributed by atoms with Gasteiger partial charge in [-0.25, -0.2) is 0 Å². The molecular formula is C8H8BrNO4. The van der Waals surface area contributed by atoms with Crippen molar-refractivity contribution in [3.63, 3.8) is 0 Å². The van der Waals surface area contributed by atoms with Crippen LogP contribution in [0.2, 0.25) is 0 Å². The number of benzene rings is 1. The van der Waals surface area contributed by atoms with Crippen molar-refractivity contribution in [2.24, 2.45) is 0 Å². The van der Waals surface area contributed by atoms with Gasteiger partial charge in [0, 0.05) is 6.07 Å². The number of methoxy groups -OCH3 is 1. The van der Waals surface area contributed by atoms with E-state index in [1.165, 1.54) is 19.2 Å². The van der Waals surface area contributed by atoms with Gasteiger partial charge in [-0.1, -0.05) is 0 Å². The van der Waals surface area contributed by atoms with E-state index in [-0.39, 0.29) is 11.3 Å². The maximum Gasteiger partial charge on any atom is 0.278 e. The summed E-state index contributed by atoms with van der Waals surface area (Å²) in [5, 5.41) is 19.6. The number of aliphatic hydroxyl groups excluding tert-OH is 1. The number of ether oxygens (including phenoxy) is 1. The van der Waals surface area contributed by atoms with Crippen molar-refractivity contribution >= 4 is 21.6 Å². The molecule has 0 bridgehead atoms. The van der Waals surface area contributed by atoms with Crippen molar-refractivity contribution in [3.05, 3.63) is 32.3 Å². The van der Waals surface area contributed by atoms with E-state index in [1.54, 1.807) is 0 Å². The van der Waals surface area contributed by atoms with Crippen LogP contribution in [0.5, 0.6) is 5.75 Å². The minimum atomic E-state index is -0.555. The zero-order valence-corrected chi connectivity index (χ0v) is 8.94. The molecule has 0 aromatic heterocycles. The lowest BCUT2D eigenvalue weighted by Crippen LogP contribution is -1.99. The monoisotopic (exact) mass is 261 g/mol. The van der Waals surface area contributed by atoms with Crippen molar-refractivity contribution in [2.75, 3.05) is 7.11 Å². The molecule has 1 N–H and O–H groups in total. The second kappa shape index (κ2) is 4.39. The maximum atomic E-state index is 10.6. The Bertz CT molecular complexity index is 367. The third-order valence-corrected chi connectivity index (χ3v) is 2.37. The summed E-state index contributed by atoms with van der Waals surface area (Å²) in [6, 6.07) is 2.83. The van der Waals surface area contributed by atoms with Gasteiger partial charge in [-0.15, -0.1) is 0 Å². The lowest BCUT2D eigenvalue weighted by atomic mass is 10.1. The minimum Gasteiger partial charge on any atom is -0.495 e. The maximum absolute atomic E-state index is 10.6. The van der Waals surface area contributed by atoms with E-state index >= 15 is 0 Å². The number of hydrogen-bond acceptors (Lipinski definition) is 4. The highest BCUT2D eigenvalue weighted by molar-refractivity contribution is 9.10. The van der Waals surface area contributed by atoms with E-state index in [9.17, 15) is 10.1 Å². The van der Waals surface area contributed by atoms with Gasteiger partial charge >= 0.3 is 0 Å². The molecule has 0 saturated heterocycles. The molecule has 0 aliphatic heterocycles. The lowest BCUT2D eigenvalue weighted by molar-refractivity contribution is -0.385. The van der Waals surface area contributed by atoms with Gasteiger partial charge in [0.15, 0.2) is 0 Å². The summed E-state index contributed by atoms with van der Waals surface area (Å²) < 4.78 is 5.52. The number of halogens is 1. The largest absolute Gasteiger partial charge is 0.495 e. The number of hydrogen-bond donors (Lipinski definition) is 1. The van der Waals surface area contributed by atoms with Crippen molar-refractivity contribution in [2.45, 2.75) is 6.61 Å². The van der Waals surface area contributed by atoms with Gasteiger partial charge in [0.05, 0.1) is 28.7 Å². The van der Waals surface area contributed by atoms with Crippen LogP contribution in [0.25, 0.3) is 0 Å². The second-order valence-corrected chi connectivity index (χ2v) is 3.35. The number of rotatable bonds is 3. The summed E-state index contributed by atoms with van der Waals surface area (Å²) in [6.07, 6.45) is 0. The number of nitro benzene ring substituents is 1. The average molecular weight is 262 g/mol. The fraction of sp³-hybridized carbons (Fsp3) is 0.250. The highest BCUT2D eigenvalue weighted by atomic mass is 79.9. The summed E-state index contributed by atoms with van der Waals surface area (Å²) in [6.45, 7) is -0.432. The summed E-state index contributed by atoms with van der Waals surface area (Å²) >= 11 is 3.17. The first-order valence-electron chi connectivity index (χ1n) is 3.72. The molecule has 5 nitrogen and oxygen atoms in total. The quantitative estimate of drug-likeness (QED) is 0.666. The molecule has 0 saturated carbocycles. The van der Waals surface area contributed by atoms with Gasteiger partial charge < -0.3 is 9.84 Å². The molecule has 0 atom stereocenters. The van der Waals surface area contributed by atoms with Gasteiger partial charge in [-0.3, -0.25) is 10.1 Å². The molecule has 0 heterocycles. The molecule has 6 heteroatoms. The van der Waals surface area contributed by atoms with Crippen LogP contribution in [0.3, 0.4) is 0 Å². The second-order valence-electron chi connectivity index (χ2n) is 2.49. The van der Waals surface area contributed by atoms with Crippen LogP contribution in [0.4, 0.5) is 5.69 Å². The van der Waals surface area contributed by atoms with E-state index in [2.05, 4.69) is 15.9 Å². The number of aliphatic hydroxyl groups is 1. The summed E-state index contributed by atoms with van der Waals surface area (Å²) in [5.74, 6) is 0.293. The van der Waals surface area contributed by atoms with Crippen LogP contribution in [0, 0.1) is 10.1 Å². The van der Waals surface area contributed by atoms with Gasteiger partial charge in [0.25, 0.3) is 5.69 Å². The topological polar surface area (TPSA) is 72.6 Å². The Balaban J connectivity index is 3.40. The first kappa shape index (κ1) is 10.9. The SMILES string of the molecule is COc1c(Br)ccc([N+](=O)[O-])c1CO. The Morgan fingerprint density at radius 3 is 2.71 bits per heavy atom. The third-order valence-electron chi connectivity index (χ3n) is 1.75. The van der Waals surface area contributed by atoms with E-state index < -0.39 is 11.5 Å². The van der Waals surface area contributed by atoms with E-state index in [4.69, 9.17) is 9.84 Å². The Morgan fingerprint density at radius 2 is 2.29 bits per heavy atom. The van der Waals surface area contributed by atoms with Crippen LogP contribution in [-0.4, -0.2) is 17.1 Å². The lowest BCUT2D eigenvalue weighted by Gasteiger charge is -2.08. The Kier molecular flexibility index (Phi) is 3.43. The fourth-order valence-corrected chi connectivity index (χ4v) is 1.67. The van der Waals surface area contributed by atoms with E-state index in [1.807, 2.05) is 0 Å². The number of nitrogens with zero attached hydrogens (tertiary/aromatic N) is 1. The molecule has 0 amide bonds. The molecule has 0 aliphatic carbocycles. The molecule has 1 aromatic rings. The van der Waals surface area contributed by atoms with E-state index in [0.717, 1.165) is 0 Å². The molecular weight excluding hydrogens is 254 g/mol. The van der Waals surface area contributed by atoms with Gasteiger partial charge in [-0.2, -0.15) is 0 Å². The van der Waals surface area contributed by atoms with Crippen LogP contribution in [-0.2, 0) is 6.61 Å². The first-order valence-corrected chi connectivity index (χ1v) is 4.51. The predicted octanol–water partition coefficient (Wildman–Crippen LogP) is 1.86. The summed E-state index contributed by atoms with van der Waals surface area (Å²) in [4.78, 5) is 10.0. The molecule has 1 aromatic carbocycles. The number of nitro groups is 1.